The Morgan fingerprint density at radius 2 is 2.00 bits per heavy atom. The summed E-state index contributed by atoms with van der Waals surface area (Å²) in [4.78, 5) is 7.12. The fourth-order valence-electron chi connectivity index (χ4n) is 9.27. The summed E-state index contributed by atoms with van der Waals surface area (Å²) in [6, 6.07) is 9.99. The molecule has 0 N–H and O–H groups in total. The second kappa shape index (κ2) is 6.83. The summed E-state index contributed by atoms with van der Waals surface area (Å²) in [5.74, 6) is 1.22. The van der Waals surface area contributed by atoms with E-state index in [0.29, 0.717) is 11.8 Å². The van der Waals surface area contributed by atoms with E-state index in [1.165, 1.54) is 87.2 Å². The van der Waals surface area contributed by atoms with Crippen molar-refractivity contribution in [1.29, 1.82) is 0 Å². The predicted octanol–water partition coefficient (Wildman–Crippen LogP) is 6.55. The molecule has 0 amide bonds. The lowest BCUT2D eigenvalue weighted by Gasteiger charge is -2.55. The Morgan fingerprint density at radius 1 is 1.06 bits per heavy atom. The SMILES string of the molecule is CC12CC=C3C=C4CCC(N5CCC5)C[C@]45CC[C@]3(O5)[C@@H]1CC[C@@H]2c1ccc2ccncc2c1. The van der Waals surface area contributed by atoms with Crippen LogP contribution in [0.5, 0.6) is 0 Å². The molecule has 3 aliphatic carbocycles. The van der Waals surface area contributed by atoms with Gasteiger partial charge in [-0.3, -0.25) is 4.98 Å². The van der Waals surface area contributed by atoms with Gasteiger partial charge in [0, 0.05) is 23.8 Å². The first kappa shape index (κ1) is 20.2. The molecular formula is C31H36N2O. The Bertz CT molecular complexity index is 1240. The van der Waals surface area contributed by atoms with Crippen LogP contribution in [0.3, 0.4) is 0 Å². The minimum Gasteiger partial charge on any atom is -0.359 e. The molecule has 0 radical (unpaired) electrons. The molecule has 8 rings (SSSR count). The zero-order chi connectivity index (χ0) is 22.5. The lowest BCUT2D eigenvalue weighted by atomic mass is 9.58. The Hall–Kier alpha value is -1.97. The van der Waals surface area contributed by atoms with Crippen LogP contribution >= 0.6 is 0 Å². The van der Waals surface area contributed by atoms with E-state index in [1.807, 2.05) is 12.4 Å². The van der Waals surface area contributed by atoms with E-state index in [-0.39, 0.29) is 16.6 Å². The van der Waals surface area contributed by atoms with E-state index in [9.17, 15) is 0 Å². The topological polar surface area (TPSA) is 25.4 Å². The standard InChI is InChI=1S/C31H36N2O/c1-29-11-9-25-18-24-5-6-26(33-15-2-16-33)19-30(24)12-13-31(25,34-30)28(29)8-7-27(29)22-4-3-21-10-14-32-20-23(21)17-22/h3-4,9-10,14,17-18,20,26-28H,2,5-8,11-13,15-16,19H2,1H3/t26?,27-,28-,29?,30-,31-/m1/s1. The van der Waals surface area contributed by atoms with Crippen molar-refractivity contribution in [2.75, 3.05) is 13.1 Å². The average Bonchev–Trinajstić information content (AvgIpc) is 3.33. The molecule has 6 aliphatic rings. The summed E-state index contributed by atoms with van der Waals surface area (Å²) in [6.45, 7) is 5.20. The third-order valence-corrected chi connectivity index (χ3v) is 11.1. The first-order valence-corrected chi connectivity index (χ1v) is 13.8. The fraction of sp³-hybridized carbons (Fsp3) is 0.581. The van der Waals surface area contributed by atoms with E-state index in [1.54, 1.807) is 11.1 Å². The number of aromatic nitrogens is 1. The number of pyridine rings is 1. The zero-order valence-corrected chi connectivity index (χ0v) is 20.4. The van der Waals surface area contributed by atoms with Crippen LogP contribution in [0.1, 0.15) is 76.2 Å². The Balaban J connectivity index is 1.16. The average molecular weight is 453 g/mol. The number of benzene rings is 1. The Morgan fingerprint density at radius 3 is 2.88 bits per heavy atom. The first-order chi connectivity index (χ1) is 16.6. The fourth-order valence-corrected chi connectivity index (χ4v) is 9.27. The Kier molecular flexibility index (Phi) is 4.06. The number of nitrogens with zero attached hydrogens (tertiary/aromatic N) is 2. The van der Waals surface area contributed by atoms with Crippen molar-refractivity contribution < 1.29 is 4.74 Å². The molecule has 34 heavy (non-hydrogen) atoms. The minimum absolute atomic E-state index is 0.0286. The van der Waals surface area contributed by atoms with Crippen LogP contribution in [0.25, 0.3) is 10.8 Å². The highest BCUT2D eigenvalue weighted by Gasteiger charge is 2.66. The van der Waals surface area contributed by atoms with E-state index in [4.69, 9.17) is 4.74 Å². The lowest BCUT2D eigenvalue weighted by Crippen LogP contribution is -2.56. The van der Waals surface area contributed by atoms with Gasteiger partial charge >= 0.3 is 0 Å². The molecule has 2 saturated heterocycles. The van der Waals surface area contributed by atoms with Crippen molar-refractivity contribution in [3.8, 4) is 0 Å². The first-order valence-electron chi connectivity index (χ1n) is 13.8. The normalized spacial score (nSPS) is 42.9. The maximum atomic E-state index is 7.49. The van der Waals surface area contributed by atoms with Gasteiger partial charge in [0.15, 0.2) is 0 Å². The quantitative estimate of drug-likeness (QED) is 0.516. The molecule has 2 unspecified atom stereocenters. The lowest BCUT2D eigenvalue weighted by molar-refractivity contribution is -0.142. The minimum atomic E-state index is -0.0412. The number of hydrogen-bond donors (Lipinski definition) is 0. The molecule has 176 valence electrons. The van der Waals surface area contributed by atoms with E-state index < -0.39 is 0 Å². The number of hydrogen-bond acceptors (Lipinski definition) is 3. The molecule has 6 atom stereocenters. The molecular weight excluding hydrogens is 416 g/mol. The number of ether oxygens (including phenoxy) is 1. The van der Waals surface area contributed by atoms with Gasteiger partial charge in [-0.1, -0.05) is 31.2 Å². The third kappa shape index (κ3) is 2.53. The number of rotatable bonds is 2. The van der Waals surface area contributed by atoms with Crippen LogP contribution in [0.4, 0.5) is 0 Å². The summed E-state index contributed by atoms with van der Waals surface area (Å²) >= 11 is 0. The molecule has 1 aromatic carbocycles. The summed E-state index contributed by atoms with van der Waals surface area (Å²) in [5, 5.41) is 2.57. The van der Waals surface area contributed by atoms with Gasteiger partial charge in [-0.05, 0) is 122 Å². The second-order valence-corrected chi connectivity index (χ2v) is 12.5. The van der Waals surface area contributed by atoms with Gasteiger partial charge in [-0.25, -0.2) is 0 Å². The van der Waals surface area contributed by atoms with Gasteiger partial charge in [-0.15, -0.1) is 0 Å². The summed E-state index contributed by atoms with van der Waals surface area (Å²) in [6.07, 6.45) is 20.6. The Labute approximate surface area is 203 Å². The highest BCUT2D eigenvalue weighted by molar-refractivity contribution is 5.82. The highest BCUT2D eigenvalue weighted by Crippen LogP contribution is 2.69. The molecule has 4 fully saturated rings. The van der Waals surface area contributed by atoms with Gasteiger partial charge in [-0.2, -0.15) is 0 Å². The summed E-state index contributed by atoms with van der Waals surface area (Å²) < 4.78 is 7.49. The third-order valence-electron chi connectivity index (χ3n) is 11.1. The molecule has 2 saturated carbocycles. The van der Waals surface area contributed by atoms with Crippen LogP contribution in [0, 0.1) is 11.3 Å². The van der Waals surface area contributed by atoms with Gasteiger partial charge in [0.2, 0.25) is 0 Å². The van der Waals surface area contributed by atoms with Crippen molar-refractivity contribution in [2.24, 2.45) is 11.3 Å². The van der Waals surface area contributed by atoms with Crippen LogP contribution in [-0.2, 0) is 4.74 Å². The molecule has 3 nitrogen and oxygen atoms in total. The van der Waals surface area contributed by atoms with E-state index in [0.717, 1.165) is 6.04 Å². The molecule has 2 aromatic rings. The summed E-state index contributed by atoms with van der Waals surface area (Å²) in [5.41, 5.74) is 4.94. The van der Waals surface area contributed by atoms with Crippen molar-refractivity contribution >= 4 is 10.8 Å². The number of allylic oxidation sites excluding steroid dienone is 1. The number of fused-ring (bicyclic) bond motifs is 2. The molecule has 3 heteroatoms. The molecule has 3 aliphatic heterocycles. The molecule has 2 spiro atoms. The van der Waals surface area contributed by atoms with Gasteiger partial charge in [0.1, 0.15) is 0 Å². The van der Waals surface area contributed by atoms with E-state index in [2.05, 4.69) is 53.2 Å². The summed E-state index contributed by atoms with van der Waals surface area (Å²) in [7, 11) is 0. The maximum Gasteiger partial charge on any atom is 0.0974 e. The van der Waals surface area contributed by atoms with Gasteiger partial charge in [0.05, 0.1) is 11.2 Å². The van der Waals surface area contributed by atoms with Crippen molar-refractivity contribution in [2.45, 2.75) is 87.9 Å². The van der Waals surface area contributed by atoms with Crippen LogP contribution in [-0.4, -0.2) is 40.2 Å². The predicted molar refractivity (Wildman–Crippen MR) is 136 cm³/mol. The zero-order valence-electron chi connectivity index (χ0n) is 20.4. The van der Waals surface area contributed by atoms with Gasteiger partial charge in [0.25, 0.3) is 0 Å². The highest BCUT2D eigenvalue weighted by atomic mass is 16.5. The molecule has 2 bridgehead atoms. The van der Waals surface area contributed by atoms with Crippen LogP contribution < -0.4 is 0 Å². The van der Waals surface area contributed by atoms with Crippen LogP contribution in [0.2, 0.25) is 0 Å². The van der Waals surface area contributed by atoms with E-state index >= 15 is 0 Å². The second-order valence-electron chi connectivity index (χ2n) is 12.5. The van der Waals surface area contributed by atoms with Gasteiger partial charge < -0.3 is 9.64 Å². The molecule has 4 heterocycles. The van der Waals surface area contributed by atoms with Crippen molar-refractivity contribution in [1.82, 2.24) is 9.88 Å². The van der Waals surface area contributed by atoms with Crippen LogP contribution in [0.15, 0.2) is 60.0 Å². The molecule has 1 aromatic heterocycles. The number of likely N-dealkylation sites (tertiary alicyclic amines) is 1. The smallest absolute Gasteiger partial charge is 0.0974 e. The maximum absolute atomic E-state index is 7.49. The largest absolute Gasteiger partial charge is 0.359 e. The monoisotopic (exact) mass is 452 g/mol. The van der Waals surface area contributed by atoms with Crippen molar-refractivity contribution in [3.05, 3.63) is 65.5 Å². The van der Waals surface area contributed by atoms with Crippen molar-refractivity contribution in [3.63, 3.8) is 0 Å².